The number of carbonyl (C=O) groups is 3. The molecule has 1 aliphatic rings. The molecule has 2 aromatic carbocycles. The SMILES string of the molecule is NC(CC(=O)N1CSC[C@H]1C(=O)NCc1ccc(CC(=O)O)cc1)Cc1ccccc1F. The summed E-state index contributed by atoms with van der Waals surface area (Å²) in [5, 5.41) is 11.7. The normalized spacial score (nSPS) is 16.6. The lowest BCUT2D eigenvalue weighted by molar-refractivity contribution is -0.138. The van der Waals surface area contributed by atoms with Crippen LogP contribution >= 0.6 is 11.8 Å². The fourth-order valence-corrected chi connectivity index (χ4v) is 4.70. The van der Waals surface area contributed by atoms with Crippen molar-refractivity contribution >= 4 is 29.5 Å². The zero-order valence-electron chi connectivity index (χ0n) is 17.5. The molecule has 2 aromatic rings. The van der Waals surface area contributed by atoms with Crippen LogP contribution in [0, 0.1) is 5.82 Å². The third-order valence-corrected chi connectivity index (χ3v) is 6.24. The minimum absolute atomic E-state index is 0.0315. The highest BCUT2D eigenvalue weighted by atomic mass is 32.2. The van der Waals surface area contributed by atoms with Gasteiger partial charge in [-0.1, -0.05) is 42.5 Å². The predicted molar refractivity (Wildman–Crippen MR) is 120 cm³/mol. The van der Waals surface area contributed by atoms with Crippen molar-refractivity contribution in [1.82, 2.24) is 10.2 Å². The molecular formula is C23H26FN3O4S. The average molecular weight is 460 g/mol. The molecule has 1 unspecified atom stereocenters. The van der Waals surface area contributed by atoms with E-state index in [1.807, 2.05) is 0 Å². The Morgan fingerprint density at radius 3 is 2.53 bits per heavy atom. The molecule has 3 rings (SSSR count). The van der Waals surface area contributed by atoms with Gasteiger partial charge in [0.15, 0.2) is 0 Å². The average Bonchev–Trinajstić information content (AvgIpc) is 3.24. The van der Waals surface area contributed by atoms with E-state index in [-0.39, 0.29) is 43.4 Å². The Morgan fingerprint density at radius 2 is 1.84 bits per heavy atom. The highest BCUT2D eigenvalue weighted by Crippen LogP contribution is 2.23. The van der Waals surface area contributed by atoms with Crippen LogP contribution in [0.4, 0.5) is 4.39 Å². The van der Waals surface area contributed by atoms with Crippen molar-refractivity contribution in [3.63, 3.8) is 0 Å². The molecule has 1 fully saturated rings. The van der Waals surface area contributed by atoms with Crippen LogP contribution in [0.1, 0.15) is 23.1 Å². The van der Waals surface area contributed by atoms with Crippen molar-refractivity contribution in [1.29, 1.82) is 0 Å². The molecule has 2 amide bonds. The van der Waals surface area contributed by atoms with Crippen molar-refractivity contribution in [2.75, 3.05) is 11.6 Å². The number of thioether (sulfide) groups is 1. The zero-order chi connectivity index (χ0) is 23.1. The van der Waals surface area contributed by atoms with Gasteiger partial charge in [0.05, 0.1) is 12.3 Å². The van der Waals surface area contributed by atoms with Crippen LogP contribution in [0.5, 0.6) is 0 Å². The molecule has 1 saturated heterocycles. The Balaban J connectivity index is 1.51. The molecule has 0 saturated carbocycles. The van der Waals surface area contributed by atoms with E-state index in [1.165, 1.54) is 22.7 Å². The van der Waals surface area contributed by atoms with E-state index in [1.54, 1.807) is 42.5 Å². The maximum Gasteiger partial charge on any atom is 0.307 e. The number of rotatable bonds is 9. The molecule has 0 aromatic heterocycles. The van der Waals surface area contributed by atoms with E-state index in [4.69, 9.17) is 10.8 Å². The van der Waals surface area contributed by atoms with Gasteiger partial charge >= 0.3 is 5.97 Å². The molecule has 0 radical (unpaired) electrons. The van der Waals surface area contributed by atoms with Crippen molar-refractivity contribution < 1.29 is 23.9 Å². The van der Waals surface area contributed by atoms with Gasteiger partial charge in [-0.3, -0.25) is 14.4 Å². The number of halogens is 1. The van der Waals surface area contributed by atoms with E-state index in [2.05, 4.69) is 5.32 Å². The van der Waals surface area contributed by atoms with E-state index < -0.39 is 18.1 Å². The van der Waals surface area contributed by atoms with Crippen LogP contribution in [-0.4, -0.2) is 51.5 Å². The monoisotopic (exact) mass is 459 g/mol. The molecule has 2 atom stereocenters. The Hall–Kier alpha value is -2.91. The summed E-state index contributed by atoms with van der Waals surface area (Å²) in [7, 11) is 0. The Bertz CT molecular complexity index is 970. The topological polar surface area (TPSA) is 113 Å². The number of carbonyl (C=O) groups excluding carboxylic acids is 2. The van der Waals surface area contributed by atoms with E-state index in [0.717, 1.165) is 5.56 Å². The van der Waals surface area contributed by atoms with Crippen LogP contribution in [0.25, 0.3) is 0 Å². The number of nitrogens with one attached hydrogen (secondary N) is 1. The number of hydrogen-bond acceptors (Lipinski definition) is 5. The minimum Gasteiger partial charge on any atom is -0.481 e. The quantitative estimate of drug-likeness (QED) is 0.528. The summed E-state index contributed by atoms with van der Waals surface area (Å²) in [6.45, 7) is 0.280. The number of hydrogen-bond donors (Lipinski definition) is 3. The molecule has 7 nitrogen and oxygen atoms in total. The largest absolute Gasteiger partial charge is 0.481 e. The maximum absolute atomic E-state index is 13.8. The van der Waals surface area contributed by atoms with Gasteiger partial charge in [0.25, 0.3) is 0 Å². The van der Waals surface area contributed by atoms with Gasteiger partial charge in [-0.2, -0.15) is 0 Å². The lowest BCUT2D eigenvalue weighted by atomic mass is 10.0. The van der Waals surface area contributed by atoms with Crippen LogP contribution in [-0.2, 0) is 33.8 Å². The summed E-state index contributed by atoms with van der Waals surface area (Å²) >= 11 is 1.50. The first-order chi connectivity index (χ1) is 15.3. The Kier molecular flexibility index (Phi) is 8.24. The lowest BCUT2D eigenvalue weighted by Gasteiger charge is -2.24. The Labute approximate surface area is 190 Å². The number of nitrogens with two attached hydrogens (primary N) is 1. The minimum atomic E-state index is -0.900. The van der Waals surface area contributed by atoms with Gasteiger partial charge in [0, 0.05) is 24.8 Å². The summed E-state index contributed by atoms with van der Waals surface area (Å²) < 4.78 is 13.8. The molecule has 1 aliphatic heterocycles. The smallest absolute Gasteiger partial charge is 0.307 e. The first-order valence-corrected chi connectivity index (χ1v) is 11.4. The number of benzene rings is 2. The summed E-state index contributed by atoms with van der Waals surface area (Å²) in [4.78, 5) is 37.7. The zero-order valence-corrected chi connectivity index (χ0v) is 18.3. The number of carboxylic acid groups (broad SMARTS) is 1. The summed E-state index contributed by atoms with van der Waals surface area (Å²) in [6, 6.07) is 12.2. The van der Waals surface area contributed by atoms with Crippen LogP contribution in [0.15, 0.2) is 48.5 Å². The molecular weight excluding hydrogens is 433 g/mol. The third kappa shape index (κ3) is 6.54. The van der Waals surface area contributed by atoms with Gasteiger partial charge in [0.1, 0.15) is 11.9 Å². The fourth-order valence-electron chi connectivity index (χ4n) is 3.52. The number of amides is 2. The highest BCUT2D eigenvalue weighted by molar-refractivity contribution is 7.99. The third-order valence-electron chi connectivity index (χ3n) is 5.23. The lowest BCUT2D eigenvalue weighted by Crippen LogP contribution is -2.48. The first-order valence-electron chi connectivity index (χ1n) is 10.3. The highest BCUT2D eigenvalue weighted by Gasteiger charge is 2.34. The molecule has 0 bridgehead atoms. The van der Waals surface area contributed by atoms with E-state index >= 15 is 0 Å². The molecule has 32 heavy (non-hydrogen) atoms. The number of aliphatic carboxylic acids is 1. The predicted octanol–water partition coefficient (Wildman–Crippen LogP) is 1.93. The summed E-state index contributed by atoms with van der Waals surface area (Å²) in [5.41, 5.74) is 8.07. The van der Waals surface area contributed by atoms with E-state index in [0.29, 0.717) is 22.8 Å². The van der Waals surface area contributed by atoms with Gasteiger partial charge < -0.3 is 21.1 Å². The molecule has 0 spiro atoms. The second-order valence-corrected chi connectivity index (χ2v) is 8.74. The first kappa shape index (κ1) is 23.7. The standard InChI is InChI=1S/C23H26FN3O4S/c24-19-4-2-1-3-17(19)10-18(25)11-21(28)27-14-32-13-20(27)23(31)26-12-16-7-5-15(6-8-16)9-22(29)30/h1-8,18,20H,9-14,25H2,(H,26,31)(H,29,30)/t18?,20-/m0/s1. The van der Waals surface area contributed by atoms with Crippen molar-refractivity contribution in [3.8, 4) is 0 Å². The van der Waals surface area contributed by atoms with Gasteiger partial charge in [-0.05, 0) is 29.2 Å². The van der Waals surface area contributed by atoms with Crippen LogP contribution in [0.3, 0.4) is 0 Å². The van der Waals surface area contributed by atoms with Gasteiger partial charge in [-0.25, -0.2) is 4.39 Å². The second-order valence-electron chi connectivity index (χ2n) is 7.74. The van der Waals surface area contributed by atoms with Crippen molar-refractivity contribution in [2.45, 2.75) is 37.9 Å². The fraction of sp³-hybridized carbons (Fsp3) is 0.348. The molecule has 4 N–H and O–H groups in total. The molecule has 170 valence electrons. The van der Waals surface area contributed by atoms with Gasteiger partial charge in [-0.15, -0.1) is 11.8 Å². The molecule has 0 aliphatic carbocycles. The van der Waals surface area contributed by atoms with Gasteiger partial charge in [0.2, 0.25) is 11.8 Å². The number of nitrogens with zero attached hydrogens (tertiary/aromatic N) is 1. The number of carboxylic acids is 1. The summed E-state index contributed by atoms with van der Waals surface area (Å²) in [5.74, 6) is -0.813. The maximum atomic E-state index is 13.8. The summed E-state index contributed by atoms with van der Waals surface area (Å²) in [6.07, 6.45) is 0.222. The second kappa shape index (κ2) is 11.1. The van der Waals surface area contributed by atoms with Crippen molar-refractivity contribution in [3.05, 3.63) is 71.0 Å². The van der Waals surface area contributed by atoms with Crippen LogP contribution in [0.2, 0.25) is 0 Å². The molecule has 1 heterocycles. The Morgan fingerprint density at radius 1 is 1.16 bits per heavy atom. The van der Waals surface area contributed by atoms with E-state index in [9.17, 15) is 18.8 Å². The van der Waals surface area contributed by atoms with Crippen molar-refractivity contribution in [2.24, 2.45) is 5.73 Å². The van der Waals surface area contributed by atoms with Crippen LogP contribution < -0.4 is 11.1 Å². The molecule has 9 heteroatoms.